The summed E-state index contributed by atoms with van der Waals surface area (Å²) in [5, 5.41) is 19.7. The number of hydrogen-bond donors (Lipinski definition) is 1. The summed E-state index contributed by atoms with van der Waals surface area (Å²) < 4.78 is 5.06. The molecule has 0 aliphatic heterocycles. The number of carbonyl (C=O) groups is 1. The van der Waals surface area contributed by atoms with Crippen LogP contribution < -0.4 is 0 Å². The fourth-order valence-corrected chi connectivity index (χ4v) is 2.12. The van der Waals surface area contributed by atoms with Gasteiger partial charge in [0.1, 0.15) is 0 Å². The third kappa shape index (κ3) is 3.00. The number of ether oxygens (including phenoxy) is 1. The molecule has 0 saturated heterocycles. The monoisotopic (exact) mass is 287 g/mol. The molecule has 0 aliphatic carbocycles. The van der Waals surface area contributed by atoms with Crippen molar-refractivity contribution in [1.82, 2.24) is 0 Å². The molecule has 0 bridgehead atoms. The molecule has 21 heavy (non-hydrogen) atoms. The van der Waals surface area contributed by atoms with Gasteiger partial charge in [-0.25, -0.2) is 4.79 Å². The van der Waals surface area contributed by atoms with Crippen molar-refractivity contribution in [3.8, 4) is 0 Å². The summed E-state index contributed by atoms with van der Waals surface area (Å²) in [6.45, 7) is 1.61. The van der Waals surface area contributed by atoms with Gasteiger partial charge in [0.25, 0.3) is 5.69 Å². The summed E-state index contributed by atoms with van der Waals surface area (Å²) in [6.07, 6.45) is -1.42. The summed E-state index contributed by atoms with van der Waals surface area (Å²) in [5.74, 6) is 0. The predicted molar refractivity (Wildman–Crippen MR) is 75.1 cm³/mol. The summed E-state index contributed by atoms with van der Waals surface area (Å²) in [4.78, 5) is 21.2. The molecule has 0 spiro atoms. The highest BCUT2D eigenvalue weighted by Gasteiger charge is 2.33. The molecule has 0 saturated carbocycles. The first-order chi connectivity index (χ1) is 9.93. The first-order valence-electron chi connectivity index (χ1n) is 6.16. The van der Waals surface area contributed by atoms with Crippen molar-refractivity contribution in [1.29, 1.82) is 0 Å². The maximum absolute atomic E-state index is 11.0. The van der Waals surface area contributed by atoms with Crippen LogP contribution in [0.4, 0.5) is 10.5 Å². The lowest BCUT2D eigenvalue weighted by atomic mass is 9.88. The van der Waals surface area contributed by atoms with Crippen molar-refractivity contribution >= 4 is 11.8 Å². The fraction of sp³-hybridized carbons (Fsp3) is 0.133. The maximum Gasteiger partial charge on any atom is 0.507 e. The molecule has 2 aromatic carbocycles. The van der Waals surface area contributed by atoms with Crippen LogP contribution in [-0.4, -0.2) is 16.2 Å². The Labute approximate surface area is 120 Å². The number of nitrogens with zero attached hydrogens (tertiary/aromatic N) is 1. The number of hydrogen-bond acceptors (Lipinski definition) is 4. The second-order valence-electron chi connectivity index (χ2n) is 4.57. The van der Waals surface area contributed by atoms with Crippen molar-refractivity contribution in [3.63, 3.8) is 0 Å². The van der Waals surface area contributed by atoms with Crippen LogP contribution in [-0.2, 0) is 10.3 Å². The molecule has 0 aromatic heterocycles. The van der Waals surface area contributed by atoms with Crippen LogP contribution in [0.5, 0.6) is 0 Å². The zero-order valence-corrected chi connectivity index (χ0v) is 11.2. The maximum atomic E-state index is 11.0. The normalized spacial score (nSPS) is 13.2. The van der Waals surface area contributed by atoms with Crippen LogP contribution in [0.1, 0.15) is 18.1 Å². The van der Waals surface area contributed by atoms with Crippen molar-refractivity contribution < 1.29 is 19.6 Å². The molecule has 1 atom stereocenters. The average Bonchev–Trinajstić information content (AvgIpc) is 2.47. The second kappa shape index (κ2) is 5.62. The lowest BCUT2D eigenvalue weighted by Gasteiger charge is -2.29. The van der Waals surface area contributed by atoms with E-state index in [1.54, 1.807) is 37.3 Å². The van der Waals surface area contributed by atoms with Crippen LogP contribution >= 0.6 is 0 Å². The fourth-order valence-electron chi connectivity index (χ4n) is 2.12. The molecule has 6 heteroatoms. The van der Waals surface area contributed by atoms with Gasteiger partial charge in [-0.05, 0) is 24.6 Å². The molecule has 0 unspecified atom stereocenters. The minimum absolute atomic E-state index is 0.0653. The van der Waals surface area contributed by atoms with Gasteiger partial charge in [-0.2, -0.15) is 0 Å². The Bertz CT molecular complexity index is 654. The first-order valence-corrected chi connectivity index (χ1v) is 6.16. The van der Waals surface area contributed by atoms with E-state index < -0.39 is 16.7 Å². The van der Waals surface area contributed by atoms with E-state index in [1.165, 1.54) is 24.3 Å². The lowest BCUT2D eigenvalue weighted by molar-refractivity contribution is -0.384. The number of benzene rings is 2. The van der Waals surface area contributed by atoms with E-state index in [4.69, 9.17) is 9.84 Å². The van der Waals surface area contributed by atoms with E-state index in [2.05, 4.69) is 0 Å². The second-order valence-corrected chi connectivity index (χ2v) is 4.57. The third-order valence-electron chi connectivity index (χ3n) is 3.25. The van der Waals surface area contributed by atoms with E-state index in [1.807, 2.05) is 0 Å². The average molecular weight is 287 g/mol. The van der Waals surface area contributed by atoms with E-state index >= 15 is 0 Å². The standard InChI is InChI=1S/C15H13NO5/c1-15(21-14(17)18,11-5-3-2-4-6-11)12-7-9-13(10-8-12)16(19)20/h2-10H,1H3,(H,17,18)/t15-/m1/s1. The topological polar surface area (TPSA) is 89.7 Å². The van der Waals surface area contributed by atoms with Crippen molar-refractivity contribution in [2.75, 3.05) is 0 Å². The number of carboxylic acid groups (broad SMARTS) is 1. The number of nitro benzene ring substituents is 1. The van der Waals surface area contributed by atoms with Crippen LogP contribution in [0.3, 0.4) is 0 Å². The van der Waals surface area contributed by atoms with Crippen LogP contribution in [0.2, 0.25) is 0 Å². The smallest absolute Gasteiger partial charge is 0.450 e. The minimum atomic E-state index is -1.42. The molecule has 2 rings (SSSR count). The van der Waals surface area contributed by atoms with Crippen LogP contribution in [0.15, 0.2) is 54.6 Å². The molecular weight excluding hydrogens is 274 g/mol. The van der Waals surface area contributed by atoms with Crippen molar-refractivity contribution in [3.05, 3.63) is 75.8 Å². The van der Waals surface area contributed by atoms with Crippen LogP contribution in [0, 0.1) is 10.1 Å². The summed E-state index contributed by atoms with van der Waals surface area (Å²) in [6, 6.07) is 14.5. The zero-order chi connectivity index (χ0) is 15.5. The minimum Gasteiger partial charge on any atom is -0.450 e. The highest BCUT2D eigenvalue weighted by molar-refractivity contribution is 5.59. The molecule has 0 heterocycles. The predicted octanol–water partition coefficient (Wildman–Crippen LogP) is 3.55. The quantitative estimate of drug-likeness (QED) is 0.527. The van der Waals surface area contributed by atoms with Gasteiger partial charge in [-0.15, -0.1) is 0 Å². The molecule has 0 aliphatic rings. The third-order valence-corrected chi connectivity index (χ3v) is 3.25. The molecule has 108 valence electrons. The Morgan fingerprint density at radius 3 is 2.10 bits per heavy atom. The lowest BCUT2D eigenvalue weighted by Crippen LogP contribution is -2.29. The molecule has 6 nitrogen and oxygen atoms in total. The van der Waals surface area contributed by atoms with Gasteiger partial charge in [0, 0.05) is 17.7 Å². The molecule has 0 amide bonds. The van der Waals surface area contributed by atoms with E-state index in [9.17, 15) is 14.9 Å². The van der Waals surface area contributed by atoms with Gasteiger partial charge in [0.15, 0.2) is 5.60 Å². The SMILES string of the molecule is C[C@@](OC(=O)O)(c1ccccc1)c1ccc([N+](=O)[O-])cc1. The summed E-state index contributed by atoms with van der Waals surface area (Å²) in [5.41, 5.74) is -0.144. The highest BCUT2D eigenvalue weighted by Crippen LogP contribution is 2.34. The van der Waals surface area contributed by atoms with Gasteiger partial charge in [-0.3, -0.25) is 10.1 Å². The van der Waals surface area contributed by atoms with E-state index in [-0.39, 0.29) is 5.69 Å². The molecule has 0 radical (unpaired) electrons. The van der Waals surface area contributed by atoms with Gasteiger partial charge in [0.2, 0.25) is 0 Å². The molecule has 2 aromatic rings. The zero-order valence-electron chi connectivity index (χ0n) is 11.2. The number of rotatable bonds is 4. The van der Waals surface area contributed by atoms with E-state index in [0.717, 1.165) is 0 Å². The van der Waals surface area contributed by atoms with Crippen LogP contribution in [0.25, 0.3) is 0 Å². The first kappa shape index (κ1) is 14.5. The summed E-state index contributed by atoms with van der Waals surface area (Å²) >= 11 is 0. The summed E-state index contributed by atoms with van der Waals surface area (Å²) in [7, 11) is 0. The highest BCUT2D eigenvalue weighted by atomic mass is 16.7. The van der Waals surface area contributed by atoms with Crippen molar-refractivity contribution in [2.45, 2.75) is 12.5 Å². The number of non-ortho nitro benzene ring substituents is 1. The Balaban J connectivity index is 2.50. The Morgan fingerprint density at radius 2 is 1.62 bits per heavy atom. The number of nitro groups is 1. The van der Waals surface area contributed by atoms with Gasteiger partial charge < -0.3 is 9.84 Å². The van der Waals surface area contributed by atoms with Gasteiger partial charge >= 0.3 is 6.16 Å². The molecule has 0 fully saturated rings. The van der Waals surface area contributed by atoms with Gasteiger partial charge in [-0.1, -0.05) is 30.3 Å². The molecule has 1 N–H and O–H groups in total. The molecular formula is C15H13NO5. The van der Waals surface area contributed by atoms with Gasteiger partial charge in [0.05, 0.1) is 4.92 Å². The largest absolute Gasteiger partial charge is 0.507 e. The van der Waals surface area contributed by atoms with Crippen molar-refractivity contribution in [2.24, 2.45) is 0 Å². The Morgan fingerprint density at radius 1 is 1.10 bits per heavy atom. The van der Waals surface area contributed by atoms with E-state index in [0.29, 0.717) is 11.1 Å². The Hall–Kier alpha value is -2.89. The Kier molecular flexibility index (Phi) is 3.89.